The summed E-state index contributed by atoms with van der Waals surface area (Å²) in [4.78, 5) is 12.6. The second kappa shape index (κ2) is 12.0. The van der Waals surface area contributed by atoms with E-state index >= 15 is 0 Å². The Morgan fingerprint density at radius 2 is 1.76 bits per heavy atom. The number of amides is 1. The molecule has 0 bridgehead atoms. The average molecular weight is 582 g/mol. The maximum absolute atomic E-state index is 13.3. The number of fused-ring (bicyclic) bond motifs is 1. The van der Waals surface area contributed by atoms with Gasteiger partial charge < -0.3 is 15.2 Å². The quantitative estimate of drug-likeness (QED) is 0.203. The van der Waals surface area contributed by atoms with E-state index in [2.05, 4.69) is 15.5 Å². The summed E-state index contributed by atoms with van der Waals surface area (Å²) in [5.74, 6) is -0.995. The van der Waals surface area contributed by atoms with Gasteiger partial charge in [0.1, 0.15) is 10.6 Å². The first-order valence-corrected chi connectivity index (χ1v) is 12.8. The molecule has 0 unspecified atom stereocenters. The first-order chi connectivity index (χ1) is 17.5. The van der Waals surface area contributed by atoms with E-state index in [1.54, 1.807) is 36.4 Å². The van der Waals surface area contributed by atoms with Crippen molar-refractivity contribution >= 4 is 67.1 Å². The standard InChI is InChI=1S/C25H19Cl2N3O6S.Na/c1-13-21(27)11-17(12-22(13)37(33,34)35)29-30-23-19-6-4-3-5-14(19)7-20(24(23)31)25(32)28-16-8-15(26)9-18(10-16)36-2;/h3-12,31H,1-2H3,(H,28,32)(H,33,34,35);/q;+1/p-1. The third kappa shape index (κ3) is 6.47. The number of nitrogens with zero attached hydrogens (tertiary/aromatic N) is 2. The van der Waals surface area contributed by atoms with Crippen molar-refractivity contribution in [1.29, 1.82) is 0 Å². The molecule has 0 saturated carbocycles. The number of methoxy groups -OCH3 is 1. The number of carbonyl (C=O) groups excluding carboxylic acids is 1. The van der Waals surface area contributed by atoms with Crippen LogP contribution in [0.1, 0.15) is 15.9 Å². The number of hydrogen-bond acceptors (Lipinski definition) is 7. The minimum absolute atomic E-state index is 0. The van der Waals surface area contributed by atoms with Crippen molar-refractivity contribution in [2.24, 2.45) is 10.2 Å². The van der Waals surface area contributed by atoms with Crippen LogP contribution in [-0.2, 0) is 10.1 Å². The number of rotatable bonds is 6. The van der Waals surface area contributed by atoms with Gasteiger partial charge in [-0.2, -0.15) is 18.6 Å². The molecule has 2 N–H and O–H groups in total. The molecule has 4 aromatic carbocycles. The van der Waals surface area contributed by atoms with E-state index in [1.807, 2.05) is 0 Å². The molecule has 0 radical (unpaired) electrons. The second-order valence-electron chi connectivity index (χ2n) is 7.88. The SMILES string of the molecule is COc1cc(Cl)cc(NC(=O)c2cc3ccccc3c(N=Nc3cc(Cl)c(C)c(S(=O)(=O)O)c3)c2[O-])c1.[Na+]. The third-order valence-electron chi connectivity index (χ3n) is 5.41. The molecule has 190 valence electrons. The summed E-state index contributed by atoms with van der Waals surface area (Å²) in [6.45, 7) is 1.42. The minimum Gasteiger partial charge on any atom is -0.870 e. The van der Waals surface area contributed by atoms with Gasteiger partial charge in [-0.25, -0.2) is 0 Å². The zero-order chi connectivity index (χ0) is 26.9. The molecule has 0 fully saturated rings. The van der Waals surface area contributed by atoms with E-state index in [-0.39, 0.29) is 57.1 Å². The van der Waals surface area contributed by atoms with E-state index in [0.29, 0.717) is 27.2 Å². The Kier molecular flexibility index (Phi) is 9.43. The zero-order valence-electron chi connectivity index (χ0n) is 20.3. The summed E-state index contributed by atoms with van der Waals surface area (Å²) in [6.07, 6.45) is 0. The van der Waals surface area contributed by atoms with Crippen molar-refractivity contribution in [3.63, 3.8) is 0 Å². The molecule has 4 aromatic rings. The van der Waals surface area contributed by atoms with Gasteiger partial charge in [0.2, 0.25) is 0 Å². The van der Waals surface area contributed by atoms with Crippen molar-refractivity contribution < 1.29 is 57.2 Å². The number of ether oxygens (including phenoxy) is 1. The molecule has 0 spiro atoms. The second-order valence-corrected chi connectivity index (χ2v) is 10.1. The van der Waals surface area contributed by atoms with E-state index in [1.165, 1.54) is 32.2 Å². The summed E-state index contributed by atoms with van der Waals surface area (Å²) >= 11 is 12.2. The Labute approximate surface area is 250 Å². The van der Waals surface area contributed by atoms with Crippen LogP contribution in [0.2, 0.25) is 10.0 Å². The van der Waals surface area contributed by atoms with Crippen LogP contribution in [0, 0.1) is 6.92 Å². The molecule has 9 nitrogen and oxygen atoms in total. The van der Waals surface area contributed by atoms with E-state index in [9.17, 15) is 22.9 Å². The first kappa shape index (κ1) is 29.9. The van der Waals surface area contributed by atoms with Gasteiger partial charge >= 0.3 is 29.6 Å². The Morgan fingerprint density at radius 1 is 1.05 bits per heavy atom. The number of nitrogens with one attached hydrogen (secondary N) is 1. The van der Waals surface area contributed by atoms with Gasteiger partial charge in [0.15, 0.2) is 0 Å². The number of hydrogen-bond donors (Lipinski definition) is 2. The molecule has 0 aliphatic carbocycles. The summed E-state index contributed by atoms with van der Waals surface area (Å²) in [5, 5.41) is 25.3. The number of azo groups is 1. The van der Waals surface area contributed by atoms with Crippen LogP contribution in [0.15, 0.2) is 75.8 Å². The fourth-order valence-electron chi connectivity index (χ4n) is 3.60. The fourth-order valence-corrected chi connectivity index (χ4v) is 4.86. The summed E-state index contributed by atoms with van der Waals surface area (Å²) < 4.78 is 38.1. The summed E-state index contributed by atoms with van der Waals surface area (Å²) in [7, 11) is -3.13. The van der Waals surface area contributed by atoms with Gasteiger partial charge in [-0.05, 0) is 48.2 Å². The van der Waals surface area contributed by atoms with Crippen LogP contribution in [-0.4, -0.2) is 26.0 Å². The molecule has 38 heavy (non-hydrogen) atoms. The predicted molar refractivity (Wildman–Crippen MR) is 140 cm³/mol. The van der Waals surface area contributed by atoms with Gasteiger partial charge in [0.05, 0.1) is 18.5 Å². The smallest absolute Gasteiger partial charge is 0.870 e. The van der Waals surface area contributed by atoms with Gasteiger partial charge in [0, 0.05) is 32.7 Å². The van der Waals surface area contributed by atoms with Crippen molar-refractivity contribution in [1.82, 2.24) is 0 Å². The van der Waals surface area contributed by atoms with Crippen molar-refractivity contribution in [2.45, 2.75) is 11.8 Å². The summed E-state index contributed by atoms with van der Waals surface area (Å²) in [6, 6.07) is 15.2. The number of benzene rings is 4. The van der Waals surface area contributed by atoms with Gasteiger partial charge in [-0.15, -0.1) is 0 Å². The van der Waals surface area contributed by atoms with Crippen LogP contribution in [0.3, 0.4) is 0 Å². The van der Waals surface area contributed by atoms with Crippen LogP contribution >= 0.6 is 23.2 Å². The molecule has 0 saturated heterocycles. The van der Waals surface area contributed by atoms with E-state index in [0.717, 1.165) is 6.07 Å². The van der Waals surface area contributed by atoms with Crippen molar-refractivity contribution in [3.05, 3.63) is 81.8 Å². The maximum atomic E-state index is 13.3. The average Bonchev–Trinajstić information content (AvgIpc) is 2.83. The molecule has 0 heterocycles. The van der Waals surface area contributed by atoms with Gasteiger partial charge in [0.25, 0.3) is 16.0 Å². The summed E-state index contributed by atoms with van der Waals surface area (Å²) in [5.41, 5.74) is 0.0864. The molecule has 0 aromatic heterocycles. The largest absolute Gasteiger partial charge is 1.00 e. The number of halogens is 2. The molecule has 0 aliphatic rings. The van der Waals surface area contributed by atoms with Crippen LogP contribution in [0.5, 0.6) is 11.5 Å². The Morgan fingerprint density at radius 3 is 2.45 bits per heavy atom. The Bertz CT molecular complexity index is 1700. The molecule has 4 rings (SSSR count). The van der Waals surface area contributed by atoms with Crippen molar-refractivity contribution in [3.8, 4) is 11.5 Å². The van der Waals surface area contributed by atoms with Gasteiger partial charge in [-0.1, -0.05) is 53.2 Å². The third-order valence-corrected chi connectivity index (χ3v) is 7.00. The van der Waals surface area contributed by atoms with Crippen LogP contribution in [0.25, 0.3) is 10.8 Å². The molecule has 0 atom stereocenters. The fraction of sp³-hybridized carbons (Fsp3) is 0.0800. The predicted octanol–water partition coefficient (Wildman–Crippen LogP) is 3.46. The maximum Gasteiger partial charge on any atom is 1.00 e. The van der Waals surface area contributed by atoms with Crippen LogP contribution in [0.4, 0.5) is 17.1 Å². The van der Waals surface area contributed by atoms with Crippen molar-refractivity contribution in [2.75, 3.05) is 12.4 Å². The first-order valence-electron chi connectivity index (χ1n) is 10.6. The Hall–Kier alpha value is -2.70. The number of carbonyl (C=O) groups is 1. The minimum atomic E-state index is -4.58. The normalized spacial score (nSPS) is 11.4. The molecule has 1 amide bonds. The zero-order valence-corrected chi connectivity index (χ0v) is 24.6. The topological polar surface area (TPSA) is 140 Å². The Balaban J connectivity index is 0.00000400. The van der Waals surface area contributed by atoms with Gasteiger partial charge in [-0.3, -0.25) is 9.35 Å². The molecular weight excluding hydrogens is 564 g/mol. The molecular formula is C25H18Cl2N3NaO6S. The number of anilines is 1. The van der Waals surface area contributed by atoms with E-state index < -0.39 is 26.7 Å². The monoisotopic (exact) mass is 581 g/mol. The molecule has 13 heteroatoms. The van der Waals surface area contributed by atoms with Crippen LogP contribution < -0.4 is 44.7 Å². The molecule has 0 aliphatic heterocycles. The van der Waals surface area contributed by atoms with E-state index in [4.69, 9.17) is 27.9 Å².